The van der Waals surface area contributed by atoms with E-state index in [4.69, 9.17) is 9.47 Å². The Labute approximate surface area is 291 Å². The van der Waals surface area contributed by atoms with Crippen molar-refractivity contribution in [3.8, 4) is 11.5 Å². The maximum Gasteiger partial charge on any atom is 0.422 e. The molecule has 2 heterocycles. The Hall–Kier alpha value is -5.15. The zero-order valence-electron chi connectivity index (χ0n) is 28.2. The van der Waals surface area contributed by atoms with Crippen molar-refractivity contribution in [3.05, 3.63) is 99.7 Å². The number of aromatic nitrogens is 1. The summed E-state index contributed by atoms with van der Waals surface area (Å²) in [5, 5.41) is 35.1. The van der Waals surface area contributed by atoms with Crippen LogP contribution >= 0.6 is 0 Å². The van der Waals surface area contributed by atoms with Crippen LogP contribution in [-0.2, 0) is 16.9 Å². The second-order valence-electron chi connectivity index (χ2n) is 13.0. The molecule has 1 fully saturated rings. The number of piperidine rings is 1. The molecule has 0 aliphatic carbocycles. The van der Waals surface area contributed by atoms with Crippen molar-refractivity contribution >= 4 is 28.5 Å². The Morgan fingerprint density at radius 1 is 1.04 bits per heavy atom. The number of methoxy groups -OCH3 is 1. The molecule has 0 saturated carbocycles. The van der Waals surface area contributed by atoms with Gasteiger partial charge in [0, 0.05) is 61.0 Å². The molecule has 0 bridgehead atoms. The van der Waals surface area contributed by atoms with E-state index in [1.165, 1.54) is 53.1 Å². The predicted octanol–water partition coefficient (Wildman–Crippen LogP) is 5.74. The molecule has 1 aromatic heterocycles. The van der Waals surface area contributed by atoms with Crippen LogP contribution in [0.4, 0.5) is 18.9 Å². The number of nitrogens with zero attached hydrogens (tertiary/aromatic N) is 3. The average molecular weight is 713 g/mol. The second-order valence-corrected chi connectivity index (χ2v) is 13.0. The number of fused-ring (bicyclic) bond motifs is 1. The van der Waals surface area contributed by atoms with Crippen molar-refractivity contribution in [3.63, 3.8) is 0 Å². The Bertz CT molecular complexity index is 1890. The minimum atomic E-state index is -5.09. The molecule has 1 aliphatic heterocycles. The van der Waals surface area contributed by atoms with E-state index in [2.05, 4.69) is 5.32 Å². The summed E-state index contributed by atoms with van der Waals surface area (Å²) in [6.45, 7) is 3.02. The van der Waals surface area contributed by atoms with Crippen molar-refractivity contribution < 1.29 is 47.4 Å². The third kappa shape index (κ3) is 8.10. The summed E-state index contributed by atoms with van der Waals surface area (Å²) in [6, 6.07) is 15.8. The second kappa shape index (κ2) is 15.0. The van der Waals surface area contributed by atoms with Crippen LogP contribution in [0.2, 0.25) is 0 Å². The number of nitrogens with one attached hydrogen (secondary N) is 1. The van der Waals surface area contributed by atoms with Gasteiger partial charge in [0.05, 0.1) is 17.5 Å². The Morgan fingerprint density at radius 3 is 2.31 bits per heavy atom. The van der Waals surface area contributed by atoms with E-state index in [0.717, 1.165) is 11.6 Å². The van der Waals surface area contributed by atoms with Gasteiger partial charge in [-0.15, -0.1) is 0 Å². The lowest BCUT2D eigenvalue weighted by molar-refractivity contribution is -0.384. The number of aliphatic carboxylic acids is 1. The highest BCUT2D eigenvalue weighted by Gasteiger charge is 2.57. The van der Waals surface area contributed by atoms with Crippen LogP contribution in [0.25, 0.3) is 10.9 Å². The minimum Gasteiger partial charge on any atom is -0.493 e. The first-order valence-corrected chi connectivity index (χ1v) is 16.3. The van der Waals surface area contributed by atoms with E-state index in [1.807, 2.05) is 0 Å². The zero-order chi connectivity index (χ0) is 37.1. The molecule has 3 N–H and O–H groups in total. The summed E-state index contributed by atoms with van der Waals surface area (Å²) in [7, 11) is 1.38. The monoisotopic (exact) mass is 712 g/mol. The van der Waals surface area contributed by atoms with E-state index in [-0.39, 0.29) is 53.5 Å². The van der Waals surface area contributed by atoms with Crippen LogP contribution in [0.3, 0.4) is 0 Å². The zero-order valence-corrected chi connectivity index (χ0v) is 28.2. The normalized spacial score (nSPS) is 16.1. The quantitative estimate of drug-likeness (QED) is 0.116. The summed E-state index contributed by atoms with van der Waals surface area (Å²) in [6.07, 6.45) is -3.65. The highest BCUT2D eigenvalue weighted by atomic mass is 19.4. The number of β-amino-alcohol motifs (C(OH)–C–C–N with tert-alkyl or cyclic N) is 1. The summed E-state index contributed by atoms with van der Waals surface area (Å²) in [5.41, 5.74) is -2.87. The number of hydrogen-bond acceptors (Lipinski definition) is 8. The maximum absolute atomic E-state index is 14.9. The topological polar surface area (TPSA) is 156 Å². The molecule has 4 aromatic rings. The number of carbonyl (C=O) groups excluding carboxylic acids is 1. The number of aliphatic hydroxyl groups is 1. The van der Waals surface area contributed by atoms with Crippen molar-refractivity contribution in [2.75, 3.05) is 26.7 Å². The van der Waals surface area contributed by atoms with Gasteiger partial charge in [0.25, 0.3) is 11.6 Å². The number of benzene rings is 3. The maximum atomic E-state index is 14.9. The van der Waals surface area contributed by atoms with Crippen molar-refractivity contribution in [1.82, 2.24) is 14.8 Å². The van der Waals surface area contributed by atoms with Gasteiger partial charge in [-0.3, -0.25) is 19.8 Å². The highest BCUT2D eigenvalue weighted by Crippen LogP contribution is 2.44. The molecule has 15 heteroatoms. The number of ether oxygens (including phenoxy) is 2. The van der Waals surface area contributed by atoms with Gasteiger partial charge < -0.3 is 29.6 Å². The molecule has 272 valence electrons. The first kappa shape index (κ1) is 37.1. The van der Waals surface area contributed by atoms with Crippen molar-refractivity contribution in [2.45, 2.75) is 57.2 Å². The Kier molecular flexibility index (Phi) is 10.9. The molecule has 5 rings (SSSR count). The first-order valence-electron chi connectivity index (χ1n) is 16.3. The summed E-state index contributed by atoms with van der Waals surface area (Å²) in [4.78, 5) is 36.7. The number of carboxylic acid groups (broad SMARTS) is 1. The van der Waals surface area contributed by atoms with Crippen LogP contribution < -0.4 is 14.8 Å². The fraction of sp³-hybridized carbons (Fsp3) is 0.389. The molecule has 1 aliphatic rings. The van der Waals surface area contributed by atoms with E-state index in [1.54, 1.807) is 44.2 Å². The molecule has 51 heavy (non-hydrogen) atoms. The van der Waals surface area contributed by atoms with Gasteiger partial charge in [-0.05, 0) is 48.6 Å². The number of carboxylic acids is 1. The van der Waals surface area contributed by atoms with Gasteiger partial charge >= 0.3 is 12.1 Å². The number of nitro benzene ring substituents is 1. The fourth-order valence-electron chi connectivity index (χ4n) is 6.29. The van der Waals surface area contributed by atoms with Crippen LogP contribution in [0.5, 0.6) is 11.5 Å². The molecular formula is C36H39F3N4O8. The van der Waals surface area contributed by atoms with Gasteiger partial charge in [0.1, 0.15) is 12.1 Å². The number of likely N-dealkylation sites (tertiary alicyclic amines) is 1. The van der Waals surface area contributed by atoms with Gasteiger partial charge in [0.2, 0.25) is 5.60 Å². The molecular weight excluding hydrogens is 673 g/mol. The lowest BCUT2D eigenvalue weighted by Gasteiger charge is -2.39. The lowest BCUT2D eigenvalue weighted by Crippen LogP contribution is -2.53. The number of rotatable bonds is 13. The van der Waals surface area contributed by atoms with E-state index in [0.29, 0.717) is 18.6 Å². The average Bonchev–Trinajstić information content (AvgIpc) is 3.45. The summed E-state index contributed by atoms with van der Waals surface area (Å²) >= 11 is 0. The van der Waals surface area contributed by atoms with Crippen molar-refractivity contribution in [2.24, 2.45) is 5.92 Å². The number of amides is 1. The smallest absolute Gasteiger partial charge is 0.422 e. The number of alkyl halides is 3. The fourth-order valence-corrected chi connectivity index (χ4v) is 6.29. The third-order valence-corrected chi connectivity index (χ3v) is 9.11. The van der Waals surface area contributed by atoms with Crippen LogP contribution in [-0.4, -0.2) is 81.5 Å². The summed E-state index contributed by atoms with van der Waals surface area (Å²) < 4.78 is 57.8. The molecule has 12 nitrogen and oxygen atoms in total. The number of non-ortho nitro benzene ring substituents is 1. The number of nitro groups is 1. The SMILES string of the molecule is COc1cc(C(=O)NC(C(=O)O)C(C)C)ccc1OC1CCN(CC(O)(c2cn(Cc3ccccc3)c3cc([N+](=O)[O-])ccc23)C(F)(F)F)CC1. The highest BCUT2D eigenvalue weighted by molar-refractivity contribution is 5.97. The molecule has 0 radical (unpaired) electrons. The first-order chi connectivity index (χ1) is 24.1. The number of halogens is 3. The van der Waals surface area contributed by atoms with Gasteiger partial charge in [-0.1, -0.05) is 44.2 Å². The standard InChI is InChI=1S/C36H39F3N4O8/c1-22(2)32(34(45)46)40-33(44)24-9-12-30(31(17-24)50-3)51-26-13-15-41(16-14-26)21-35(47,36(37,38)39)28-20-42(19-23-7-5-4-6-8-23)29-18-25(43(48)49)10-11-27(28)29/h4-12,17-18,20,22,26,32,47H,13-16,19,21H2,1-3H3,(H,40,44)(H,45,46). The van der Waals surface area contributed by atoms with Gasteiger partial charge in [-0.2, -0.15) is 13.2 Å². The van der Waals surface area contributed by atoms with Crippen LogP contribution in [0.15, 0.2) is 72.9 Å². The van der Waals surface area contributed by atoms with Gasteiger partial charge in [0.15, 0.2) is 11.5 Å². The molecule has 3 aromatic carbocycles. The molecule has 1 saturated heterocycles. The molecule has 0 spiro atoms. The largest absolute Gasteiger partial charge is 0.493 e. The molecule has 2 atom stereocenters. The van der Waals surface area contributed by atoms with Crippen LogP contribution in [0.1, 0.15) is 48.2 Å². The third-order valence-electron chi connectivity index (χ3n) is 9.11. The number of carbonyl (C=O) groups is 2. The minimum absolute atomic E-state index is 0.0569. The molecule has 2 unspecified atom stereocenters. The van der Waals surface area contributed by atoms with E-state index < -0.39 is 52.8 Å². The predicted molar refractivity (Wildman–Crippen MR) is 181 cm³/mol. The lowest BCUT2D eigenvalue weighted by atomic mass is 9.91. The van der Waals surface area contributed by atoms with Crippen LogP contribution in [0, 0.1) is 16.0 Å². The number of hydrogen-bond donors (Lipinski definition) is 3. The van der Waals surface area contributed by atoms with Gasteiger partial charge in [-0.25, -0.2) is 4.79 Å². The van der Waals surface area contributed by atoms with E-state index in [9.17, 15) is 43.1 Å². The Morgan fingerprint density at radius 2 is 1.73 bits per heavy atom. The molecule has 1 amide bonds. The van der Waals surface area contributed by atoms with E-state index >= 15 is 0 Å². The Balaban J connectivity index is 1.33. The van der Waals surface area contributed by atoms with Crippen molar-refractivity contribution in [1.29, 1.82) is 0 Å². The summed E-state index contributed by atoms with van der Waals surface area (Å²) in [5.74, 6) is -1.59.